The minimum absolute atomic E-state index is 0.0526. The van der Waals surface area contributed by atoms with Gasteiger partial charge in [-0.25, -0.2) is 9.36 Å². The van der Waals surface area contributed by atoms with Crippen LogP contribution in [0.3, 0.4) is 0 Å². The van der Waals surface area contributed by atoms with Crippen molar-refractivity contribution < 1.29 is 23.7 Å². The number of amides is 2. The Labute approximate surface area is 327 Å². The van der Waals surface area contributed by atoms with E-state index < -0.39 is 6.04 Å². The molecule has 306 valence electrons. The van der Waals surface area contributed by atoms with Gasteiger partial charge in [-0.3, -0.25) is 9.59 Å². The van der Waals surface area contributed by atoms with E-state index in [0.29, 0.717) is 32.4 Å². The first-order valence-electron chi connectivity index (χ1n) is 22.7. The zero-order valence-electron chi connectivity index (χ0n) is 34.8. The second-order valence-electron chi connectivity index (χ2n) is 15.6. The highest BCUT2D eigenvalue weighted by Gasteiger charge is 2.22. The fourth-order valence-electron chi connectivity index (χ4n) is 6.99. The lowest BCUT2D eigenvalue weighted by Crippen LogP contribution is -2.42. The first-order chi connectivity index (χ1) is 26.1. The van der Waals surface area contributed by atoms with E-state index in [0.717, 1.165) is 64.3 Å². The first kappa shape index (κ1) is 48.6. The molecule has 0 bridgehead atoms. The highest BCUT2D eigenvalue weighted by Crippen LogP contribution is 2.14. The van der Waals surface area contributed by atoms with Crippen molar-refractivity contribution in [3.63, 3.8) is 0 Å². The molecule has 0 aliphatic rings. The molecule has 0 saturated carbocycles. The molecule has 0 radical (unpaired) electrons. The van der Waals surface area contributed by atoms with Gasteiger partial charge in [-0.15, -0.1) is 0 Å². The van der Waals surface area contributed by atoms with Crippen LogP contribution in [0.2, 0.25) is 0 Å². The van der Waals surface area contributed by atoms with Crippen LogP contribution in [-0.4, -0.2) is 37.0 Å². The van der Waals surface area contributed by atoms with Crippen molar-refractivity contribution in [3.05, 3.63) is 30.6 Å². The summed E-state index contributed by atoms with van der Waals surface area (Å²) in [5.74, 6) is -0.244. The zero-order valence-corrected chi connectivity index (χ0v) is 34.8. The van der Waals surface area contributed by atoms with Gasteiger partial charge in [0, 0.05) is 37.9 Å². The van der Waals surface area contributed by atoms with Crippen molar-refractivity contribution in [2.75, 3.05) is 13.2 Å². The molecule has 0 spiro atoms. The van der Waals surface area contributed by atoms with E-state index in [9.17, 15) is 14.4 Å². The second kappa shape index (κ2) is 37.9. The lowest BCUT2D eigenvalue weighted by Gasteiger charge is -2.18. The van der Waals surface area contributed by atoms with Gasteiger partial charge in [-0.1, -0.05) is 161 Å². The molecule has 0 unspecified atom stereocenters. The van der Waals surface area contributed by atoms with Gasteiger partial charge in [0.2, 0.25) is 11.8 Å². The van der Waals surface area contributed by atoms with Gasteiger partial charge in [-0.05, 0) is 44.9 Å². The molecule has 0 aliphatic heterocycles. The van der Waals surface area contributed by atoms with Crippen LogP contribution in [0.1, 0.15) is 219 Å². The van der Waals surface area contributed by atoms with Crippen molar-refractivity contribution in [2.45, 2.75) is 232 Å². The summed E-state index contributed by atoms with van der Waals surface area (Å²) in [5, 5.41) is 6.05. The Hall–Kier alpha value is -2.44. The van der Waals surface area contributed by atoms with Gasteiger partial charge in [0.05, 0.1) is 6.61 Å². The normalized spacial score (nSPS) is 11.7. The number of carbonyl (C=O) groups excluding carboxylic acids is 3. The third-order valence-electron chi connectivity index (χ3n) is 10.5. The predicted octanol–water partition coefficient (Wildman–Crippen LogP) is 11.6. The maximum Gasteiger partial charge on any atom is 0.328 e. The van der Waals surface area contributed by atoms with E-state index in [-0.39, 0.29) is 17.8 Å². The molecule has 1 aromatic heterocycles. The van der Waals surface area contributed by atoms with Crippen LogP contribution in [0.25, 0.3) is 0 Å². The first-order valence-corrected chi connectivity index (χ1v) is 22.7. The number of carbonyl (C=O) groups is 3. The molecule has 7 nitrogen and oxygen atoms in total. The van der Waals surface area contributed by atoms with Gasteiger partial charge in [0.15, 0.2) is 12.4 Å². The number of esters is 1. The number of hydrogen-bond acceptors (Lipinski definition) is 4. The van der Waals surface area contributed by atoms with Crippen LogP contribution in [0.5, 0.6) is 0 Å². The van der Waals surface area contributed by atoms with Crippen LogP contribution >= 0.6 is 0 Å². The number of hydrogen-bond donors (Lipinski definition) is 2. The molecule has 2 N–H and O–H groups in total. The average Bonchev–Trinajstić information content (AvgIpc) is 3.16. The summed E-state index contributed by atoms with van der Waals surface area (Å²) in [6, 6.07) is 5.60. The summed E-state index contributed by atoms with van der Waals surface area (Å²) in [4.78, 5) is 38.2. The van der Waals surface area contributed by atoms with Crippen LogP contribution in [0.15, 0.2) is 30.6 Å². The van der Waals surface area contributed by atoms with Crippen molar-refractivity contribution in [1.82, 2.24) is 10.6 Å². The van der Waals surface area contributed by atoms with Crippen molar-refractivity contribution >= 4 is 17.8 Å². The summed E-state index contributed by atoms with van der Waals surface area (Å²) in [6.07, 6.45) is 40.2. The largest absolute Gasteiger partial charge is 0.464 e. The summed E-state index contributed by atoms with van der Waals surface area (Å²) in [6.45, 7) is 6.60. The number of pyridine rings is 1. The fourth-order valence-corrected chi connectivity index (χ4v) is 6.99. The van der Waals surface area contributed by atoms with Gasteiger partial charge in [0.1, 0.15) is 12.6 Å². The van der Waals surface area contributed by atoms with Crippen LogP contribution in [0, 0.1) is 0 Å². The monoisotopic (exact) mass is 743 g/mol. The van der Waals surface area contributed by atoms with E-state index in [2.05, 4.69) is 59.6 Å². The summed E-state index contributed by atoms with van der Waals surface area (Å²) in [7, 11) is 0. The molecule has 0 aromatic carbocycles. The van der Waals surface area contributed by atoms with E-state index in [1.165, 1.54) is 128 Å². The Morgan fingerprint density at radius 2 is 0.962 bits per heavy atom. The maximum absolute atomic E-state index is 13.1. The Kier molecular flexibility index (Phi) is 34.7. The number of nitrogens with zero attached hydrogens (tertiary/aromatic N) is 1. The Balaban J connectivity index is 2.26. The fraction of sp³-hybridized carbons (Fsp3) is 0.826. The second-order valence-corrected chi connectivity index (χ2v) is 15.6. The third kappa shape index (κ3) is 32.7. The summed E-state index contributed by atoms with van der Waals surface area (Å²) in [5.41, 5.74) is 0. The van der Waals surface area contributed by atoms with E-state index in [1.807, 2.05) is 0 Å². The number of unbranched alkanes of at least 4 members (excludes halogenated alkanes) is 25. The van der Waals surface area contributed by atoms with Crippen LogP contribution < -0.4 is 15.2 Å². The number of ether oxygens (including phenoxy) is 1. The average molecular weight is 743 g/mol. The minimum atomic E-state index is -0.614. The highest BCUT2D eigenvalue weighted by atomic mass is 16.5. The van der Waals surface area contributed by atoms with Crippen LogP contribution in [0.4, 0.5) is 0 Å². The molecular weight excluding hydrogens is 659 g/mol. The van der Waals surface area contributed by atoms with Gasteiger partial charge >= 0.3 is 5.97 Å². The molecule has 1 aromatic rings. The summed E-state index contributed by atoms with van der Waals surface area (Å²) >= 11 is 0. The summed E-state index contributed by atoms with van der Waals surface area (Å²) < 4.78 is 7.92. The number of aryl methyl sites for hydroxylation is 1. The Morgan fingerprint density at radius 1 is 0.509 bits per heavy atom. The van der Waals surface area contributed by atoms with Crippen molar-refractivity contribution in [1.29, 1.82) is 0 Å². The Bertz CT molecular complexity index is 973. The van der Waals surface area contributed by atoms with Crippen molar-refractivity contribution in [2.24, 2.45) is 0 Å². The molecule has 0 saturated heterocycles. The van der Waals surface area contributed by atoms with Crippen LogP contribution in [-0.2, 0) is 25.7 Å². The molecule has 0 aliphatic carbocycles. The van der Waals surface area contributed by atoms with E-state index in [1.54, 1.807) is 0 Å². The molecule has 1 heterocycles. The predicted molar refractivity (Wildman–Crippen MR) is 222 cm³/mol. The van der Waals surface area contributed by atoms with Gasteiger partial charge < -0.3 is 15.4 Å². The topological polar surface area (TPSA) is 88.4 Å². The molecular formula is C46H84N3O4+. The van der Waals surface area contributed by atoms with Gasteiger partial charge in [0.25, 0.3) is 0 Å². The minimum Gasteiger partial charge on any atom is -0.464 e. The number of nitrogens with one attached hydrogen (secondary N) is 2. The highest BCUT2D eigenvalue weighted by molar-refractivity contribution is 5.84. The number of aromatic nitrogens is 1. The quantitative estimate of drug-likeness (QED) is 0.0399. The SMILES string of the molecule is CCCCCCCCCCCCC(=O)N[C@@H](CCCCNC(=O)CCCCCCCCCCC)C(=O)OCCCCCCCCCC[n+]1ccccc1. The molecule has 0 fully saturated rings. The molecule has 2 amide bonds. The van der Waals surface area contributed by atoms with E-state index >= 15 is 0 Å². The van der Waals surface area contributed by atoms with Crippen molar-refractivity contribution in [3.8, 4) is 0 Å². The number of rotatable bonds is 39. The lowest BCUT2D eigenvalue weighted by atomic mass is 10.1. The smallest absolute Gasteiger partial charge is 0.328 e. The zero-order chi connectivity index (χ0) is 38.3. The molecule has 1 atom stereocenters. The maximum atomic E-state index is 13.1. The molecule has 53 heavy (non-hydrogen) atoms. The standard InChI is InChI=1S/C46H83N3O4/c1-3-5-7-9-11-13-15-19-23-28-37-45(51)48-43(35-29-30-38-47-44(50)36-27-22-18-14-12-10-8-6-4-2)46(52)53-42-34-25-21-17-16-20-24-31-39-49-40-32-26-33-41-49/h26,32-33,40-41,43H,3-25,27-31,34-39,42H2,1-2H3,(H-,47,48,50,51)/p+1/t43-/m0/s1. The Morgan fingerprint density at radius 3 is 1.49 bits per heavy atom. The molecule has 1 rings (SSSR count). The lowest BCUT2D eigenvalue weighted by molar-refractivity contribution is -0.697. The third-order valence-corrected chi connectivity index (χ3v) is 10.5. The molecule has 7 heteroatoms. The van der Waals surface area contributed by atoms with E-state index in [4.69, 9.17) is 4.74 Å². The van der Waals surface area contributed by atoms with Gasteiger partial charge in [-0.2, -0.15) is 0 Å².